The summed E-state index contributed by atoms with van der Waals surface area (Å²) in [6, 6.07) is 0. The quantitative estimate of drug-likeness (QED) is 0.575. The summed E-state index contributed by atoms with van der Waals surface area (Å²) in [7, 11) is 0. The van der Waals surface area contributed by atoms with Crippen LogP contribution in [0.1, 0.15) is 34.3 Å². The van der Waals surface area contributed by atoms with Gasteiger partial charge in [0.15, 0.2) is 10.9 Å². The molecule has 0 aromatic carbocycles. The first-order chi connectivity index (χ1) is 7.13. The van der Waals surface area contributed by atoms with Crippen LogP contribution in [0.5, 0.6) is 0 Å². The number of carboxylic acid groups (broad SMARTS) is 1. The number of thioether (sulfide) groups is 1. The van der Waals surface area contributed by atoms with E-state index in [9.17, 15) is 9.90 Å². The van der Waals surface area contributed by atoms with Crippen molar-refractivity contribution < 1.29 is 15.0 Å². The number of aromatic nitrogens is 2. The molecule has 0 saturated carbocycles. The molecular formula is C9H10N2O3S. The number of aliphatic hydroxyl groups excluding tert-OH is 1. The molecule has 0 amide bonds. The zero-order chi connectivity index (χ0) is 11.0. The monoisotopic (exact) mass is 226 g/mol. The molecular weight excluding hydrogens is 216 g/mol. The van der Waals surface area contributed by atoms with Gasteiger partial charge in [-0.05, 0) is 19.1 Å². The van der Waals surface area contributed by atoms with E-state index in [1.54, 1.807) is 6.26 Å². The molecule has 1 aromatic rings. The maximum atomic E-state index is 11.0. The van der Waals surface area contributed by atoms with Gasteiger partial charge in [-0.25, -0.2) is 14.8 Å². The van der Waals surface area contributed by atoms with Gasteiger partial charge < -0.3 is 10.2 Å². The number of rotatable bonds is 2. The highest BCUT2D eigenvalue weighted by Crippen LogP contribution is 2.32. The summed E-state index contributed by atoms with van der Waals surface area (Å²) < 4.78 is 0. The Balaban J connectivity index is 2.61. The van der Waals surface area contributed by atoms with Gasteiger partial charge in [0.1, 0.15) is 0 Å². The van der Waals surface area contributed by atoms with E-state index in [1.165, 1.54) is 11.8 Å². The van der Waals surface area contributed by atoms with Crippen LogP contribution in [0.2, 0.25) is 0 Å². The number of hydrogen-bond donors (Lipinski definition) is 2. The zero-order valence-electron chi connectivity index (χ0n) is 8.10. The standard InChI is InChI=1S/C9H10N2O3S/c1-15-9-10-4-2-3-5(12)6(4)7(11-9)8(13)14/h5,12H,2-3H2,1H3,(H,13,14). The molecule has 0 spiro atoms. The molecule has 1 aliphatic rings. The SMILES string of the molecule is CSc1nc2c(c(C(=O)O)n1)C(O)CC2. The Hall–Kier alpha value is -1.14. The van der Waals surface area contributed by atoms with Crippen LogP contribution >= 0.6 is 11.8 Å². The van der Waals surface area contributed by atoms with Crippen LogP contribution in [0.3, 0.4) is 0 Å². The number of carbonyl (C=O) groups is 1. The third-order valence-electron chi connectivity index (χ3n) is 2.38. The van der Waals surface area contributed by atoms with Crippen molar-refractivity contribution in [1.29, 1.82) is 0 Å². The van der Waals surface area contributed by atoms with Gasteiger partial charge in [-0.2, -0.15) is 0 Å². The normalized spacial score (nSPS) is 18.9. The molecule has 0 saturated heterocycles. The van der Waals surface area contributed by atoms with Crippen LogP contribution in [-0.4, -0.2) is 32.4 Å². The van der Waals surface area contributed by atoms with Crippen molar-refractivity contribution in [1.82, 2.24) is 9.97 Å². The molecule has 2 rings (SSSR count). The fourth-order valence-corrected chi connectivity index (χ4v) is 2.09. The number of aryl methyl sites for hydroxylation is 1. The Morgan fingerprint density at radius 1 is 1.53 bits per heavy atom. The average molecular weight is 226 g/mol. The summed E-state index contributed by atoms with van der Waals surface area (Å²) in [5, 5.41) is 19.0. The minimum absolute atomic E-state index is 0.0608. The molecule has 0 radical (unpaired) electrons. The average Bonchev–Trinajstić information content (AvgIpc) is 2.59. The molecule has 0 fully saturated rings. The summed E-state index contributed by atoms with van der Waals surface area (Å²) in [6.07, 6.45) is 2.20. The topological polar surface area (TPSA) is 83.3 Å². The van der Waals surface area contributed by atoms with Crippen LogP contribution in [-0.2, 0) is 6.42 Å². The molecule has 0 aliphatic heterocycles. The van der Waals surface area contributed by atoms with Crippen molar-refractivity contribution in [2.24, 2.45) is 0 Å². The van der Waals surface area contributed by atoms with E-state index >= 15 is 0 Å². The van der Waals surface area contributed by atoms with Crippen LogP contribution in [0, 0.1) is 0 Å². The fourth-order valence-electron chi connectivity index (χ4n) is 1.71. The predicted octanol–water partition coefficient (Wildman–Crippen LogP) is 0.876. The van der Waals surface area contributed by atoms with Crippen LogP contribution in [0.15, 0.2) is 5.16 Å². The lowest BCUT2D eigenvalue weighted by Gasteiger charge is -2.07. The van der Waals surface area contributed by atoms with Crippen LogP contribution in [0.25, 0.3) is 0 Å². The molecule has 1 unspecified atom stereocenters. The molecule has 80 valence electrons. The second kappa shape index (κ2) is 3.79. The number of hydrogen-bond acceptors (Lipinski definition) is 5. The van der Waals surface area contributed by atoms with Crippen LogP contribution < -0.4 is 0 Å². The highest BCUT2D eigenvalue weighted by molar-refractivity contribution is 7.98. The molecule has 15 heavy (non-hydrogen) atoms. The first-order valence-corrected chi connectivity index (χ1v) is 5.72. The highest BCUT2D eigenvalue weighted by Gasteiger charge is 2.29. The van der Waals surface area contributed by atoms with Crippen molar-refractivity contribution in [3.63, 3.8) is 0 Å². The van der Waals surface area contributed by atoms with E-state index in [0.717, 1.165) is 0 Å². The van der Waals surface area contributed by atoms with E-state index in [0.29, 0.717) is 29.3 Å². The predicted molar refractivity (Wildman–Crippen MR) is 54.1 cm³/mol. The zero-order valence-corrected chi connectivity index (χ0v) is 8.91. The molecule has 1 aliphatic carbocycles. The maximum absolute atomic E-state index is 11.0. The first kappa shape index (κ1) is 10.4. The fraction of sp³-hybridized carbons (Fsp3) is 0.444. The number of fused-ring (bicyclic) bond motifs is 1. The Morgan fingerprint density at radius 3 is 2.87 bits per heavy atom. The Bertz CT molecular complexity index is 422. The van der Waals surface area contributed by atoms with Crippen LogP contribution in [0.4, 0.5) is 0 Å². The van der Waals surface area contributed by atoms with Crippen molar-refractivity contribution in [3.05, 3.63) is 17.0 Å². The van der Waals surface area contributed by atoms with Gasteiger partial charge in [0, 0.05) is 5.56 Å². The smallest absolute Gasteiger partial charge is 0.355 e. The Kier molecular flexibility index (Phi) is 2.62. The number of carboxylic acids is 1. The maximum Gasteiger partial charge on any atom is 0.355 e. The third kappa shape index (κ3) is 1.70. The van der Waals surface area contributed by atoms with E-state index in [-0.39, 0.29) is 5.69 Å². The highest BCUT2D eigenvalue weighted by atomic mass is 32.2. The molecule has 6 heteroatoms. The number of nitrogens with zero attached hydrogens (tertiary/aromatic N) is 2. The third-order valence-corrected chi connectivity index (χ3v) is 2.92. The van der Waals surface area contributed by atoms with Gasteiger partial charge in [-0.3, -0.25) is 0 Å². The summed E-state index contributed by atoms with van der Waals surface area (Å²) in [5.41, 5.74) is 0.994. The molecule has 2 N–H and O–H groups in total. The van der Waals surface area contributed by atoms with E-state index < -0.39 is 12.1 Å². The molecule has 1 aromatic heterocycles. The van der Waals surface area contributed by atoms with Gasteiger partial charge in [0.2, 0.25) is 0 Å². The lowest BCUT2D eigenvalue weighted by molar-refractivity contribution is 0.0681. The van der Waals surface area contributed by atoms with Crippen molar-refractivity contribution in [2.75, 3.05) is 6.26 Å². The van der Waals surface area contributed by atoms with Gasteiger partial charge in [0.05, 0.1) is 11.8 Å². The Labute approximate surface area is 90.6 Å². The lowest BCUT2D eigenvalue weighted by atomic mass is 10.1. The Morgan fingerprint density at radius 2 is 2.27 bits per heavy atom. The van der Waals surface area contributed by atoms with E-state index in [2.05, 4.69) is 9.97 Å². The summed E-state index contributed by atoms with van der Waals surface area (Å²) in [6.45, 7) is 0. The minimum Gasteiger partial charge on any atom is -0.476 e. The van der Waals surface area contributed by atoms with Crippen molar-refractivity contribution in [3.8, 4) is 0 Å². The first-order valence-electron chi connectivity index (χ1n) is 4.49. The van der Waals surface area contributed by atoms with E-state index in [4.69, 9.17) is 5.11 Å². The number of aromatic carboxylic acids is 1. The molecule has 5 nitrogen and oxygen atoms in total. The van der Waals surface area contributed by atoms with Gasteiger partial charge in [0.25, 0.3) is 0 Å². The van der Waals surface area contributed by atoms with Crippen molar-refractivity contribution in [2.45, 2.75) is 24.1 Å². The van der Waals surface area contributed by atoms with Gasteiger partial charge >= 0.3 is 5.97 Å². The lowest BCUT2D eigenvalue weighted by Crippen LogP contribution is -2.10. The van der Waals surface area contributed by atoms with Crippen molar-refractivity contribution >= 4 is 17.7 Å². The largest absolute Gasteiger partial charge is 0.476 e. The van der Waals surface area contributed by atoms with Gasteiger partial charge in [-0.1, -0.05) is 11.8 Å². The second-order valence-electron chi connectivity index (χ2n) is 3.28. The molecule has 0 bridgehead atoms. The second-order valence-corrected chi connectivity index (χ2v) is 4.05. The minimum atomic E-state index is -1.11. The molecule has 1 atom stereocenters. The van der Waals surface area contributed by atoms with E-state index in [1.807, 2.05) is 0 Å². The number of aliphatic hydroxyl groups is 1. The summed E-state index contributed by atoms with van der Waals surface area (Å²) in [5.74, 6) is -1.11. The summed E-state index contributed by atoms with van der Waals surface area (Å²) >= 11 is 1.30. The molecule has 1 heterocycles. The summed E-state index contributed by atoms with van der Waals surface area (Å²) in [4.78, 5) is 19.1. The van der Waals surface area contributed by atoms with Gasteiger partial charge in [-0.15, -0.1) is 0 Å².